The van der Waals surface area contributed by atoms with Crippen LogP contribution in [0.4, 0.5) is 0 Å². The number of nitrogens with zero attached hydrogens (tertiary/aromatic N) is 3. The Bertz CT molecular complexity index is 624. The topological polar surface area (TPSA) is 82.1 Å². The van der Waals surface area contributed by atoms with E-state index in [1.165, 1.54) is 17.7 Å². The van der Waals surface area contributed by atoms with E-state index in [1.54, 1.807) is 23.4 Å². The van der Waals surface area contributed by atoms with Crippen molar-refractivity contribution in [3.8, 4) is 11.8 Å². The molecule has 0 aliphatic heterocycles. The van der Waals surface area contributed by atoms with Crippen molar-refractivity contribution in [2.24, 2.45) is 0 Å². The van der Waals surface area contributed by atoms with E-state index in [1.807, 2.05) is 0 Å². The summed E-state index contributed by atoms with van der Waals surface area (Å²) >= 11 is 1.42. The molecule has 0 aliphatic rings. The fourth-order valence-corrected chi connectivity index (χ4v) is 2.29. The number of carbonyl (C=O) groups excluding carboxylic acids is 1. The van der Waals surface area contributed by atoms with Gasteiger partial charge in [-0.3, -0.25) is 9.89 Å². The summed E-state index contributed by atoms with van der Waals surface area (Å²) < 4.78 is 0. The molecule has 104 valence electrons. The number of aliphatic hydroxyl groups excluding tert-OH is 1. The molecule has 7 heteroatoms. The molecule has 0 saturated carbocycles. The van der Waals surface area contributed by atoms with Gasteiger partial charge in [0, 0.05) is 18.8 Å². The Balaban J connectivity index is 2.00. The maximum Gasteiger partial charge on any atom is 0.254 e. The fourth-order valence-electron chi connectivity index (χ4n) is 1.54. The van der Waals surface area contributed by atoms with E-state index in [0.717, 1.165) is 4.88 Å². The Morgan fingerprint density at radius 3 is 3.15 bits per heavy atom. The van der Waals surface area contributed by atoms with E-state index in [9.17, 15) is 4.79 Å². The Labute approximate surface area is 120 Å². The summed E-state index contributed by atoms with van der Waals surface area (Å²) in [6.07, 6.45) is 1.85. The summed E-state index contributed by atoms with van der Waals surface area (Å²) in [5, 5.41) is 16.9. The number of amides is 1. The van der Waals surface area contributed by atoms with Gasteiger partial charge in [-0.2, -0.15) is 5.10 Å². The van der Waals surface area contributed by atoms with Gasteiger partial charge in [0.05, 0.1) is 23.6 Å². The van der Waals surface area contributed by atoms with Gasteiger partial charge in [0.2, 0.25) is 0 Å². The number of rotatable bonds is 4. The first-order valence-corrected chi connectivity index (χ1v) is 6.86. The lowest BCUT2D eigenvalue weighted by Gasteiger charge is -2.14. The summed E-state index contributed by atoms with van der Waals surface area (Å²) in [5.74, 6) is 6.29. The smallest absolute Gasteiger partial charge is 0.254 e. The lowest BCUT2D eigenvalue weighted by molar-refractivity contribution is 0.0782. The fraction of sp³-hybridized carbons (Fsp3) is 0.308. The highest BCUT2D eigenvalue weighted by molar-refractivity contribution is 7.10. The number of carbonyl (C=O) groups is 1. The van der Waals surface area contributed by atoms with Crippen LogP contribution in [0.5, 0.6) is 0 Å². The number of aromatic nitrogens is 3. The van der Waals surface area contributed by atoms with Gasteiger partial charge < -0.3 is 10.0 Å². The first kappa shape index (κ1) is 14.2. The van der Waals surface area contributed by atoms with Gasteiger partial charge in [-0.05, 0) is 6.07 Å². The zero-order valence-corrected chi connectivity index (χ0v) is 11.8. The quantitative estimate of drug-likeness (QED) is 0.819. The second-order valence-corrected chi connectivity index (χ2v) is 4.98. The molecule has 0 aromatic carbocycles. The maximum atomic E-state index is 12.2. The van der Waals surface area contributed by atoms with E-state index in [4.69, 9.17) is 5.11 Å². The van der Waals surface area contributed by atoms with Gasteiger partial charge in [0.25, 0.3) is 5.91 Å². The van der Waals surface area contributed by atoms with E-state index in [2.05, 4.69) is 27.0 Å². The van der Waals surface area contributed by atoms with Crippen molar-refractivity contribution in [2.75, 3.05) is 13.7 Å². The maximum absolute atomic E-state index is 12.2. The minimum atomic E-state index is -0.0899. The van der Waals surface area contributed by atoms with Crippen molar-refractivity contribution in [3.05, 3.63) is 34.0 Å². The number of thiophene rings is 1. The van der Waals surface area contributed by atoms with Crippen LogP contribution in [-0.2, 0) is 6.54 Å². The van der Waals surface area contributed by atoms with Crippen LogP contribution in [0, 0.1) is 11.8 Å². The average Bonchev–Trinajstić information content (AvgIpc) is 3.09. The SMILES string of the molecule is CN(Cc1ncn[nH]1)C(=O)c1csc(C#CCCO)c1. The summed E-state index contributed by atoms with van der Waals surface area (Å²) in [6.45, 7) is 0.421. The summed E-state index contributed by atoms with van der Waals surface area (Å²) in [7, 11) is 1.71. The third kappa shape index (κ3) is 3.66. The predicted molar refractivity (Wildman–Crippen MR) is 75.1 cm³/mol. The lowest BCUT2D eigenvalue weighted by Crippen LogP contribution is -2.26. The minimum absolute atomic E-state index is 0.0457. The Morgan fingerprint density at radius 2 is 2.45 bits per heavy atom. The molecule has 0 aliphatic carbocycles. The van der Waals surface area contributed by atoms with Crippen LogP contribution in [0.1, 0.15) is 27.5 Å². The standard InChI is InChI=1S/C13H14N4O2S/c1-17(7-12-14-9-15-16-12)13(19)10-6-11(20-8-10)4-2-3-5-18/h6,8-9,18H,3,5,7H2,1H3,(H,14,15,16). The van der Waals surface area contributed by atoms with E-state index < -0.39 is 0 Å². The second-order valence-electron chi connectivity index (χ2n) is 4.07. The van der Waals surface area contributed by atoms with Crippen LogP contribution in [0.3, 0.4) is 0 Å². The summed E-state index contributed by atoms with van der Waals surface area (Å²) in [6, 6.07) is 1.76. The highest BCUT2D eigenvalue weighted by Gasteiger charge is 2.14. The van der Waals surface area contributed by atoms with Crippen LogP contribution in [0.2, 0.25) is 0 Å². The van der Waals surface area contributed by atoms with Crippen molar-refractivity contribution in [1.29, 1.82) is 0 Å². The third-order valence-electron chi connectivity index (χ3n) is 2.49. The molecular formula is C13H14N4O2S. The molecule has 0 saturated heterocycles. The molecule has 0 unspecified atom stereocenters. The molecule has 2 aromatic rings. The molecule has 2 heterocycles. The molecule has 20 heavy (non-hydrogen) atoms. The predicted octanol–water partition coefficient (Wildman–Crippen LogP) is 0.872. The molecule has 0 spiro atoms. The molecule has 0 bridgehead atoms. The van der Waals surface area contributed by atoms with Crippen LogP contribution in [0.25, 0.3) is 0 Å². The first-order chi connectivity index (χ1) is 9.70. The summed E-state index contributed by atoms with van der Waals surface area (Å²) in [4.78, 5) is 18.6. The van der Waals surface area contributed by atoms with Crippen molar-refractivity contribution >= 4 is 17.2 Å². The van der Waals surface area contributed by atoms with E-state index in [-0.39, 0.29) is 12.5 Å². The van der Waals surface area contributed by atoms with E-state index in [0.29, 0.717) is 24.4 Å². The van der Waals surface area contributed by atoms with E-state index >= 15 is 0 Å². The molecule has 2 rings (SSSR count). The van der Waals surface area contributed by atoms with Crippen LogP contribution in [-0.4, -0.2) is 44.7 Å². The van der Waals surface area contributed by atoms with Crippen molar-refractivity contribution in [3.63, 3.8) is 0 Å². The van der Waals surface area contributed by atoms with Crippen LogP contribution >= 0.6 is 11.3 Å². The summed E-state index contributed by atoms with van der Waals surface area (Å²) in [5.41, 5.74) is 0.602. The molecule has 0 fully saturated rings. The van der Waals surface area contributed by atoms with Gasteiger partial charge in [-0.15, -0.1) is 11.3 Å². The number of hydrogen-bond donors (Lipinski definition) is 2. The van der Waals surface area contributed by atoms with Crippen LogP contribution in [0.15, 0.2) is 17.8 Å². The molecule has 0 atom stereocenters. The third-order valence-corrected chi connectivity index (χ3v) is 3.34. The normalized spacial score (nSPS) is 9.90. The van der Waals surface area contributed by atoms with Gasteiger partial charge in [0.1, 0.15) is 12.2 Å². The van der Waals surface area contributed by atoms with Gasteiger partial charge in [0.15, 0.2) is 0 Å². The monoisotopic (exact) mass is 290 g/mol. The molecular weight excluding hydrogens is 276 g/mol. The lowest BCUT2D eigenvalue weighted by atomic mass is 10.2. The zero-order valence-electron chi connectivity index (χ0n) is 11.0. The minimum Gasteiger partial charge on any atom is -0.395 e. The van der Waals surface area contributed by atoms with Crippen molar-refractivity contribution in [1.82, 2.24) is 20.1 Å². The average molecular weight is 290 g/mol. The molecule has 2 aromatic heterocycles. The van der Waals surface area contributed by atoms with Crippen molar-refractivity contribution in [2.45, 2.75) is 13.0 Å². The highest BCUT2D eigenvalue weighted by Crippen LogP contribution is 2.15. The Morgan fingerprint density at radius 1 is 1.60 bits per heavy atom. The van der Waals surface area contributed by atoms with Crippen molar-refractivity contribution < 1.29 is 9.90 Å². The number of aromatic amines is 1. The first-order valence-electron chi connectivity index (χ1n) is 5.98. The molecule has 1 amide bonds. The number of aliphatic hydroxyl groups is 1. The molecule has 2 N–H and O–H groups in total. The zero-order chi connectivity index (χ0) is 14.4. The van der Waals surface area contributed by atoms with Gasteiger partial charge >= 0.3 is 0 Å². The van der Waals surface area contributed by atoms with Gasteiger partial charge in [-0.1, -0.05) is 11.8 Å². The Kier molecular flexibility index (Phi) is 4.87. The number of hydrogen-bond acceptors (Lipinski definition) is 5. The second kappa shape index (κ2) is 6.84. The molecule has 6 nitrogen and oxygen atoms in total. The van der Waals surface area contributed by atoms with Gasteiger partial charge in [-0.25, -0.2) is 4.98 Å². The highest BCUT2D eigenvalue weighted by atomic mass is 32.1. The van der Waals surface area contributed by atoms with Crippen LogP contribution < -0.4 is 0 Å². The number of H-pyrrole nitrogens is 1. The molecule has 0 radical (unpaired) electrons. The number of nitrogens with one attached hydrogen (secondary N) is 1. The Hall–Kier alpha value is -2.17. The largest absolute Gasteiger partial charge is 0.395 e.